The fraction of sp³-hybridized carbons (Fsp3) is 0.0455. The van der Waals surface area contributed by atoms with E-state index >= 15 is 0 Å². The second-order valence-electron chi connectivity index (χ2n) is 5.98. The van der Waals surface area contributed by atoms with Crippen molar-refractivity contribution >= 4 is 22.7 Å². The lowest BCUT2D eigenvalue weighted by atomic mass is 10.1. The normalized spacial score (nSPS) is 10.9. The van der Waals surface area contributed by atoms with E-state index in [9.17, 15) is 4.79 Å². The van der Waals surface area contributed by atoms with E-state index in [1.54, 1.807) is 0 Å². The summed E-state index contributed by atoms with van der Waals surface area (Å²) in [6, 6.07) is 25.9. The highest BCUT2D eigenvalue weighted by Gasteiger charge is 2.14. The zero-order valence-electron chi connectivity index (χ0n) is 13.8. The number of hydrogen-bond acceptors (Lipinski definition) is 2. The number of nitrogens with one attached hydrogen (secondary N) is 1. The number of aromatic nitrogens is 1. The molecule has 0 radical (unpaired) electrons. The fourth-order valence-corrected chi connectivity index (χ4v) is 3.83. The van der Waals surface area contributed by atoms with Crippen LogP contribution in [0.4, 0.5) is 0 Å². The molecule has 4 aromatic rings. The Balaban J connectivity index is 1.95. The van der Waals surface area contributed by atoms with Crippen molar-refractivity contribution in [1.29, 1.82) is 0 Å². The van der Waals surface area contributed by atoms with Gasteiger partial charge in [0, 0.05) is 15.8 Å². The monoisotopic (exact) mass is 343 g/mol. The van der Waals surface area contributed by atoms with E-state index in [-0.39, 0.29) is 5.43 Å². The van der Waals surface area contributed by atoms with Gasteiger partial charge in [-0.2, -0.15) is 0 Å². The number of hydrogen-bond donors (Lipinski definition) is 1. The highest BCUT2D eigenvalue weighted by atomic mass is 32.2. The summed E-state index contributed by atoms with van der Waals surface area (Å²) in [5.41, 5.74) is 4.02. The number of benzene rings is 3. The summed E-state index contributed by atoms with van der Waals surface area (Å²) in [6.45, 7) is 2.06. The molecule has 0 atom stereocenters. The third-order valence-electron chi connectivity index (χ3n) is 4.17. The van der Waals surface area contributed by atoms with Gasteiger partial charge in [0.25, 0.3) is 0 Å². The third kappa shape index (κ3) is 3.11. The standard InChI is InChI=1S/C22H17NOS/c1-15-11-13-17(14-12-15)25-22-20(16-7-3-2-4-8-16)23-19-10-6-5-9-18(19)21(22)24/h2-14H,1H3,(H,23,24). The number of aromatic amines is 1. The molecule has 3 aromatic carbocycles. The van der Waals surface area contributed by atoms with Crippen molar-refractivity contribution in [3.05, 3.63) is 94.6 Å². The summed E-state index contributed by atoms with van der Waals surface area (Å²) in [7, 11) is 0. The summed E-state index contributed by atoms with van der Waals surface area (Å²) < 4.78 is 0. The summed E-state index contributed by atoms with van der Waals surface area (Å²) in [6.07, 6.45) is 0. The van der Waals surface area contributed by atoms with Crippen LogP contribution in [-0.4, -0.2) is 4.98 Å². The van der Waals surface area contributed by atoms with Gasteiger partial charge in [0.2, 0.25) is 5.43 Å². The van der Waals surface area contributed by atoms with Gasteiger partial charge < -0.3 is 4.98 Å². The number of fused-ring (bicyclic) bond motifs is 1. The van der Waals surface area contributed by atoms with E-state index in [4.69, 9.17) is 0 Å². The van der Waals surface area contributed by atoms with Crippen LogP contribution in [0.25, 0.3) is 22.2 Å². The first kappa shape index (κ1) is 15.7. The van der Waals surface area contributed by atoms with Crippen molar-refractivity contribution in [3.63, 3.8) is 0 Å². The minimum Gasteiger partial charge on any atom is -0.353 e. The predicted octanol–water partition coefficient (Wildman–Crippen LogP) is 5.65. The molecule has 4 rings (SSSR count). The number of para-hydroxylation sites is 1. The topological polar surface area (TPSA) is 32.9 Å². The van der Waals surface area contributed by atoms with Gasteiger partial charge in [-0.1, -0.05) is 71.9 Å². The first-order valence-electron chi connectivity index (χ1n) is 8.17. The molecule has 0 aliphatic rings. The zero-order valence-corrected chi connectivity index (χ0v) is 14.6. The second-order valence-corrected chi connectivity index (χ2v) is 7.07. The predicted molar refractivity (Wildman–Crippen MR) is 105 cm³/mol. The van der Waals surface area contributed by atoms with Crippen LogP contribution in [0.5, 0.6) is 0 Å². The molecule has 25 heavy (non-hydrogen) atoms. The molecule has 0 saturated heterocycles. The summed E-state index contributed by atoms with van der Waals surface area (Å²) in [4.78, 5) is 18.4. The quantitative estimate of drug-likeness (QED) is 0.521. The van der Waals surface area contributed by atoms with Crippen molar-refractivity contribution in [1.82, 2.24) is 4.98 Å². The van der Waals surface area contributed by atoms with Gasteiger partial charge in [-0.25, -0.2) is 0 Å². The van der Waals surface area contributed by atoms with E-state index in [1.807, 2.05) is 54.6 Å². The molecule has 0 aliphatic carbocycles. The number of pyridine rings is 1. The van der Waals surface area contributed by atoms with Gasteiger partial charge >= 0.3 is 0 Å². The van der Waals surface area contributed by atoms with Gasteiger partial charge in [-0.15, -0.1) is 0 Å². The number of rotatable bonds is 3. The summed E-state index contributed by atoms with van der Waals surface area (Å²) in [5, 5.41) is 0.719. The molecule has 0 saturated carbocycles. The summed E-state index contributed by atoms with van der Waals surface area (Å²) >= 11 is 1.52. The zero-order chi connectivity index (χ0) is 17.2. The van der Waals surface area contributed by atoms with Gasteiger partial charge in [0.15, 0.2) is 0 Å². The number of aryl methyl sites for hydroxylation is 1. The molecular weight excluding hydrogens is 326 g/mol. The Morgan fingerprint density at radius 1 is 0.800 bits per heavy atom. The van der Waals surface area contributed by atoms with Crippen molar-refractivity contribution < 1.29 is 0 Å². The van der Waals surface area contributed by atoms with E-state index < -0.39 is 0 Å². The SMILES string of the molecule is Cc1ccc(Sc2c(-c3ccccc3)[nH]c3ccccc3c2=O)cc1. The smallest absolute Gasteiger partial charge is 0.203 e. The van der Waals surface area contributed by atoms with E-state index in [2.05, 4.69) is 36.2 Å². The first-order valence-corrected chi connectivity index (χ1v) is 8.99. The average molecular weight is 343 g/mol. The molecule has 1 N–H and O–H groups in total. The Kier molecular flexibility index (Phi) is 4.16. The minimum absolute atomic E-state index is 0.0683. The van der Waals surface area contributed by atoms with Gasteiger partial charge in [0.1, 0.15) is 0 Å². The molecule has 1 aromatic heterocycles. The van der Waals surface area contributed by atoms with E-state index in [0.29, 0.717) is 0 Å². The van der Waals surface area contributed by atoms with Crippen LogP contribution in [0.2, 0.25) is 0 Å². The molecule has 0 aliphatic heterocycles. The Hall–Kier alpha value is -2.78. The fourth-order valence-electron chi connectivity index (χ4n) is 2.85. The molecule has 122 valence electrons. The summed E-state index contributed by atoms with van der Waals surface area (Å²) in [5.74, 6) is 0. The Morgan fingerprint density at radius 3 is 2.24 bits per heavy atom. The van der Waals surface area contributed by atoms with Crippen LogP contribution in [0, 0.1) is 6.92 Å². The lowest BCUT2D eigenvalue weighted by molar-refractivity contribution is 1.25. The maximum absolute atomic E-state index is 13.2. The van der Waals surface area contributed by atoms with Crippen molar-refractivity contribution in [2.75, 3.05) is 0 Å². The van der Waals surface area contributed by atoms with Crippen molar-refractivity contribution in [2.24, 2.45) is 0 Å². The highest BCUT2D eigenvalue weighted by molar-refractivity contribution is 7.99. The van der Waals surface area contributed by atoms with Crippen LogP contribution in [-0.2, 0) is 0 Å². The van der Waals surface area contributed by atoms with Crippen LogP contribution in [0.3, 0.4) is 0 Å². The van der Waals surface area contributed by atoms with E-state index in [0.717, 1.165) is 32.0 Å². The van der Waals surface area contributed by atoms with Crippen LogP contribution in [0.1, 0.15) is 5.56 Å². The van der Waals surface area contributed by atoms with Crippen molar-refractivity contribution in [3.8, 4) is 11.3 Å². The largest absolute Gasteiger partial charge is 0.353 e. The maximum Gasteiger partial charge on any atom is 0.203 e. The maximum atomic E-state index is 13.2. The van der Waals surface area contributed by atoms with Gasteiger partial charge in [0.05, 0.1) is 10.6 Å². The molecule has 0 amide bonds. The van der Waals surface area contributed by atoms with Gasteiger partial charge in [-0.05, 0) is 36.8 Å². The highest BCUT2D eigenvalue weighted by Crippen LogP contribution is 2.34. The third-order valence-corrected chi connectivity index (χ3v) is 5.27. The van der Waals surface area contributed by atoms with Crippen LogP contribution < -0.4 is 5.43 Å². The lowest BCUT2D eigenvalue weighted by Crippen LogP contribution is -2.08. The first-order chi connectivity index (χ1) is 12.2. The molecule has 1 heterocycles. The molecular formula is C22H17NOS. The molecule has 0 unspecified atom stereocenters. The molecule has 0 bridgehead atoms. The molecule has 0 spiro atoms. The van der Waals surface area contributed by atoms with Crippen LogP contribution in [0.15, 0.2) is 93.4 Å². The molecule has 2 nitrogen and oxygen atoms in total. The second kappa shape index (κ2) is 6.61. The van der Waals surface area contributed by atoms with Gasteiger partial charge in [-0.3, -0.25) is 4.79 Å². The van der Waals surface area contributed by atoms with E-state index in [1.165, 1.54) is 17.3 Å². The Bertz CT molecular complexity index is 1080. The Labute approximate surface area is 150 Å². The number of H-pyrrole nitrogens is 1. The molecule has 0 fully saturated rings. The van der Waals surface area contributed by atoms with Crippen molar-refractivity contribution in [2.45, 2.75) is 16.7 Å². The Morgan fingerprint density at radius 2 is 1.48 bits per heavy atom. The molecule has 3 heteroatoms. The average Bonchev–Trinajstić information content (AvgIpc) is 2.66. The minimum atomic E-state index is 0.0683. The lowest BCUT2D eigenvalue weighted by Gasteiger charge is -2.11. The van der Waals surface area contributed by atoms with Crippen LogP contribution >= 0.6 is 11.8 Å².